The van der Waals surface area contributed by atoms with Crippen LogP contribution in [0.2, 0.25) is 0 Å². The lowest BCUT2D eigenvalue weighted by molar-refractivity contribution is 0.122. The van der Waals surface area contributed by atoms with E-state index in [0.717, 1.165) is 44.8 Å². The normalized spacial score (nSPS) is 15.1. The maximum absolute atomic E-state index is 5.37. The van der Waals surface area contributed by atoms with Crippen molar-refractivity contribution in [1.82, 2.24) is 5.32 Å². The highest BCUT2D eigenvalue weighted by Gasteiger charge is 2.10. The van der Waals surface area contributed by atoms with Crippen molar-refractivity contribution in [2.24, 2.45) is 0 Å². The number of hydrogen-bond donors (Lipinski definition) is 1. The van der Waals surface area contributed by atoms with E-state index in [0.29, 0.717) is 0 Å². The van der Waals surface area contributed by atoms with E-state index in [-0.39, 0.29) is 0 Å². The van der Waals surface area contributed by atoms with Crippen molar-refractivity contribution >= 4 is 5.69 Å². The van der Waals surface area contributed by atoms with Gasteiger partial charge in [0.25, 0.3) is 0 Å². The molecule has 0 atom stereocenters. The predicted molar refractivity (Wildman–Crippen MR) is 74.9 cm³/mol. The van der Waals surface area contributed by atoms with Crippen LogP contribution >= 0.6 is 0 Å². The number of hydrogen-bond acceptors (Lipinski definition) is 3. The van der Waals surface area contributed by atoms with Gasteiger partial charge in [0.05, 0.1) is 13.2 Å². The van der Waals surface area contributed by atoms with Gasteiger partial charge in [0, 0.05) is 37.3 Å². The van der Waals surface area contributed by atoms with Crippen LogP contribution in [0.4, 0.5) is 5.69 Å². The van der Waals surface area contributed by atoms with Gasteiger partial charge in [-0.25, -0.2) is 0 Å². The maximum Gasteiger partial charge on any atom is 0.0642 e. The Balaban J connectivity index is 2.01. The van der Waals surface area contributed by atoms with Crippen LogP contribution in [-0.4, -0.2) is 39.9 Å². The van der Waals surface area contributed by atoms with Crippen LogP contribution in [0.5, 0.6) is 0 Å². The van der Waals surface area contributed by atoms with Gasteiger partial charge >= 0.3 is 0 Å². The average Bonchev–Trinajstić information content (AvgIpc) is 2.45. The van der Waals surface area contributed by atoms with Crippen LogP contribution < -0.4 is 10.2 Å². The van der Waals surface area contributed by atoms with Crippen molar-refractivity contribution < 1.29 is 4.74 Å². The van der Waals surface area contributed by atoms with Crippen molar-refractivity contribution in [3.8, 4) is 11.8 Å². The lowest BCUT2D eigenvalue weighted by Crippen LogP contribution is -2.36. The smallest absolute Gasteiger partial charge is 0.0642 e. The summed E-state index contributed by atoms with van der Waals surface area (Å²) in [5.74, 6) is 6.39. The Labute approximate surface area is 109 Å². The van der Waals surface area contributed by atoms with Crippen molar-refractivity contribution in [2.45, 2.75) is 6.42 Å². The molecule has 1 aliphatic rings. The Morgan fingerprint density at radius 2 is 2.17 bits per heavy atom. The molecule has 0 bridgehead atoms. The maximum atomic E-state index is 5.37. The third kappa shape index (κ3) is 3.76. The fourth-order valence-corrected chi connectivity index (χ4v) is 1.95. The summed E-state index contributed by atoms with van der Waals surface area (Å²) in [6.45, 7) is 4.51. The zero-order chi connectivity index (χ0) is 12.6. The molecule has 0 saturated carbocycles. The minimum Gasteiger partial charge on any atom is -0.378 e. The molecule has 1 aliphatic heterocycles. The summed E-state index contributed by atoms with van der Waals surface area (Å²) in [5, 5.41) is 3.09. The monoisotopic (exact) mass is 244 g/mol. The summed E-state index contributed by atoms with van der Waals surface area (Å²) < 4.78 is 5.37. The van der Waals surface area contributed by atoms with Crippen LogP contribution in [0.3, 0.4) is 0 Å². The van der Waals surface area contributed by atoms with Gasteiger partial charge in [-0.1, -0.05) is 17.9 Å². The molecule has 0 aliphatic carbocycles. The summed E-state index contributed by atoms with van der Waals surface area (Å²) in [5.41, 5.74) is 2.34. The highest BCUT2D eigenvalue weighted by molar-refractivity contribution is 5.52. The van der Waals surface area contributed by atoms with Crippen molar-refractivity contribution in [3.05, 3.63) is 29.8 Å². The summed E-state index contributed by atoms with van der Waals surface area (Å²) >= 11 is 0. The average molecular weight is 244 g/mol. The van der Waals surface area contributed by atoms with Gasteiger partial charge in [0.1, 0.15) is 0 Å². The first-order valence-corrected chi connectivity index (χ1v) is 6.46. The first-order valence-electron chi connectivity index (χ1n) is 6.46. The van der Waals surface area contributed by atoms with Crippen molar-refractivity contribution in [3.63, 3.8) is 0 Å². The van der Waals surface area contributed by atoms with E-state index in [1.807, 2.05) is 7.05 Å². The zero-order valence-electron chi connectivity index (χ0n) is 10.9. The first-order chi connectivity index (χ1) is 8.90. The molecular formula is C15H20N2O. The van der Waals surface area contributed by atoms with E-state index < -0.39 is 0 Å². The minimum absolute atomic E-state index is 0.818. The molecule has 1 saturated heterocycles. The van der Waals surface area contributed by atoms with Gasteiger partial charge in [-0.05, 0) is 25.2 Å². The third-order valence-electron chi connectivity index (χ3n) is 2.96. The van der Waals surface area contributed by atoms with Crippen LogP contribution in [0, 0.1) is 11.8 Å². The molecule has 1 N–H and O–H groups in total. The van der Waals surface area contributed by atoms with Crippen molar-refractivity contribution in [2.75, 3.05) is 44.8 Å². The Hall–Kier alpha value is -1.50. The van der Waals surface area contributed by atoms with Gasteiger partial charge in [-0.15, -0.1) is 0 Å². The molecule has 3 heteroatoms. The lowest BCUT2D eigenvalue weighted by Gasteiger charge is -2.28. The standard InChI is InChI=1S/C15H20N2O/c1-16-8-3-2-5-14-6-4-7-15(13-14)17-9-11-18-12-10-17/h4,6-7,13,16H,3,8-12H2,1H3. The van der Waals surface area contributed by atoms with Crippen molar-refractivity contribution in [1.29, 1.82) is 0 Å². The number of benzene rings is 1. The SMILES string of the molecule is CNCCC#Cc1cccc(N2CCOCC2)c1. The molecule has 2 rings (SSSR count). The summed E-state index contributed by atoms with van der Waals surface area (Å²) in [7, 11) is 1.95. The summed E-state index contributed by atoms with van der Waals surface area (Å²) in [4.78, 5) is 2.35. The molecule has 0 spiro atoms. The number of morpholine rings is 1. The second-order valence-electron chi connectivity index (χ2n) is 4.31. The molecule has 18 heavy (non-hydrogen) atoms. The van der Waals surface area contributed by atoms with E-state index in [4.69, 9.17) is 4.74 Å². The molecular weight excluding hydrogens is 224 g/mol. The van der Waals surface area contributed by atoms with E-state index in [2.05, 4.69) is 46.3 Å². The fraction of sp³-hybridized carbons (Fsp3) is 0.467. The second-order valence-corrected chi connectivity index (χ2v) is 4.31. The molecule has 96 valence electrons. The molecule has 0 aromatic heterocycles. The van der Waals surface area contributed by atoms with Crippen LogP contribution in [-0.2, 0) is 4.74 Å². The molecule has 1 heterocycles. The van der Waals surface area contributed by atoms with E-state index in [1.54, 1.807) is 0 Å². The molecule has 3 nitrogen and oxygen atoms in total. The molecule has 0 radical (unpaired) electrons. The number of anilines is 1. The Morgan fingerprint density at radius 3 is 2.94 bits per heavy atom. The Kier molecular flexibility index (Phi) is 5.07. The van der Waals surface area contributed by atoms with Crippen LogP contribution in [0.1, 0.15) is 12.0 Å². The van der Waals surface area contributed by atoms with Gasteiger partial charge in [0.2, 0.25) is 0 Å². The highest BCUT2D eigenvalue weighted by atomic mass is 16.5. The van der Waals surface area contributed by atoms with E-state index in [1.165, 1.54) is 5.69 Å². The number of nitrogens with zero attached hydrogens (tertiary/aromatic N) is 1. The largest absolute Gasteiger partial charge is 0.378 e. The van der Waals surface area contributed by atoms with Gasteiger partial charge in [0.15, 0.2) is 0 Å². The molecule has 1 aromatic rings. The quantitative estimate of drug-likeness (QED) is 0.644. The van der Waals surface area contributed by atoms with Gasteiger partial charge in [-0.2, -0.15) is 0 Å². The lowest BCUT2D eigenvalue weighted by atomic mass is 10.2. The Bertz CT molecular complexity index is 428. The fourth-order valence-electron chi connectivity index (χ4n) is 1.95. The number of rotatable bonds is 3. The second kappa shape index (κ2) is 7.05. The van der Waals surface area contributed by atoms with Crippen LogP contribution in [0.15, 0.2) is 24.3 Å². The highest BCUT2D eigenvalue weighted by Crippen LogP contribution is 2.16. The van der Waals surface area contributed by atoms with Gasteiger partial charge < -0.3 is 15.0 Å². The molecule has 1 aromatic carbocycles. The number of ether oxygens (including phenoxy) is 1. The van der Waals surface area contributed by atoms with E-state index in [9.17, 15) is 0 Å². The molecule has 1 fully saturated rings. The zero-order valence-corrected chi connectivity index (χ0v) is 10.9. The van der Waals surface area contributed by atoms with E-state index >= 15 is 0 Å². The molecule has 0 unspecified atom stereocenters. The predicted octanol–water partition coefficient (Wildman–Crippen LogP) is 1.48. The first kappa shape index (κ1) is 12.9. The van der Waals surface area contributed by atoms with Crippen LogP contribution in [0.25, 0.3) is 0 Å². The van der Waals surface area contributed by atoms with Gasteiger partial charge in [-0.3, -0.25) is 0 Å². The summed E-state index contributed by atoms with van der Waals surface area (Å²) in [6.07, 6.45) is 0.887. The summed E-state index contributed by atoms with van der Waals surface area (Å²) in [6, 6.07) is 8.45. The third-order valence-corrected chi connectivity index (χ3v) is 2.96. The minimum atomic E-state index is 0.818. The Morgan fingerprint density at radius 1 is 1.33 bits per heavy atom. The molecule has 0 amide bonds. The topological polar surface area (TPSA) is 24.5 Å². The number of nitrogens with one attached hydrogen (secondary N) is 1.